The smallest absolute Gasteiger partial charge is 0.104 e. The molecule has 0 bridgehead atoms. The van der Waals surface area contributed by atoms with E-state index in [0.717, 1.165) is 70.1 Å². The lowest BCUT2D eigenvalue weighted by molar-refractivity contribution is 0.0553. The number of hydrogen-bond donors (Lipinski definition) is 5. The Kier molecular flexibility index (Phi) is 6.88. The largest absolute Gasteiger partial charge is 0.386 e. The molecule has 0 aliphatic heterocycles. The zero-order chi connectivity index (χ0) is 25.2. The summed E-state index contributed by atoms with van der Waals surface area (Å²) in [6, 6.07) is 14.3. The van der Waals surface area contributed by atoms with Crippen LogP contribution in [0, 0.1) is 6.92 Å². The highest BCUT2D eigenvalue weighted by atomic mass is 16.3. The maximum absolute atomic E-state index is 10.6. The summed E-state index contributed by atoms with van der Waals surface area (Å²) in [5.41, 5.74) is 7.18. The molecule has 0 saturated heterocycles. The molecule has 1 aromatic heterocycles. The van der Waals surface area contributed by atoms with Crippen LogP contribution in [-0.4, -0.2) is 21.7 Å². The molecule has 0 radical (unpaired) electrons. The van der Waals surface area contributed by atoms with E-state index in [4.69, 9.17) is 0 Å². The SMILES string of the molecule is C=CNc1c(CCNc2ccc(Nc3ccnc4c3CCC4(C)O)cc2C)cccc1C(C)(C)O. The fourth-order valence-electron chi connectivity index (χ4n) is 4.83. The van der Waals surface area contributed by atoms with Crippen molar-refractivity contribution in [2.24, 2.45) is 0 Å². The first-order valence-electron chi connectivity index (χ1n) is 12.1. The molecular formula is C29H36N4O2. The van der Waals surface area contributed by atoms with Crippen molar-refractivity contribution in [3.8, 4) is 0 Å². The van der Waals surface area contributed by atoms with Gasteiger partial charge in [0.2, 0.25) is 0 Å². The maximum Gasteiger partial charge on any atom is 0.104 e. The summed E-state index contributed by atoms with van der Waals surface area (Å²) >= 11 is 0. The average Bonchev–Trinajstić information content (AvgIpc) is 3.11. The van der Waals surface area contributed by atoms with Crippen molar-refractivity contribution in [3.05, 3.63) is 89.4 Å². The highest BCUT2D eigenvalue weighted by Crippen LogP contribution is 2.39. The van der Waals surface area contributed by atoms with Crippen molar-refractivity contribution in [1.29, 1.82) is 0 Å². The van der Waals surface area contributed by atoms with Crippen LogP contribution in [0.3, 0.4) is 0 Å². The second kappa shape index (κ2) is 9.72. The predicted octanol–water partition coefficient (Wildman–Crippen LogP) is 5.72. The summed E-state index contributed by atoms with van der Waals surface area (Å²) in [5, 5.41) is 31.4. The molecule has 35 heavy (non-hydrogen) atoms. The van der Waals surface area contributed by atoms with Crippen molar-refractivity contribution >= 4 is 22.7 Å². The number of fused-ring (bicyclic) bond motifs is 1. The molecule has 4 rings (SSSR count). The standard InChI is InChI=1S/C29H36N4O2/c1-6-30-26-20(8-7-9-23(26)28(3,4)34)13-16-31-24-11-10-21(18-19(24)2)33-25-14-17-32-27-22(25)12-15-29(27,5)35/h6-11,14,17-18,30-31,34-35H,1,12-13,15-16H2,2-5H3,(H,32,33). The summed E-state index contributed by atoms with van der Waals surface area (Å²) in [6.45, 7) is 12.1. The molecule has 2 aromatic carbocycles. The van der Waals surface area contributed by atoms with Crippen molar-refractivity contribution in [2.75, 3.05) is 22.5 Å². The Morgan fingerprint density at radius 2 is 1.97 bits per heavy atom. The molecule has 0 saturated carbocycles. The first-order valence-corrected chi connectivity index (χ1v) is 12.1. The zero-order valence-electron chi connectivity index (χ0n) is 21.1. The van der Waals surface area contributed by atoms with Gasteiger partial charge in [-0.1, -0.05) is 24.8 Å². The maximum atomic E-state index is 10.6. The summed E-state index contributed by atoms with van der Waals surface area (Å²) in [4.78, 5) is 4.42. The second-order valence-electron chi connectivity index (χ2n) is 10.0. The fourth-order valence-corrected chi connectivity index (χ4v) is 4.83. The van der Waals surface area contributed by atoms with Gasteiger partial charge in [-0.05, 0) is 88.5 Å². The van der Waals surface area contributed by atoms with Crippen LogP contribution in [0.1, 0.15) is 55.1 Å². The van der Waals surface area contributed by atoms with Crippen molar-refractivity contribution in [1.82, 2.24) is 4.98 Å². The van der Waals surface area contributed by atoms with Crippen LogP contribution in [0.2, 0.25) is 0 Å². The molecule has 1 atom stereocenters. The van der Waals surface area contributed by atoms with E-state index in [1.54, 1.807) is 26.2 Å². The van der Waals surface area contributed by atoms with Crippen LogP contribution in [0.4, 0.5) is 22.7 Å². The average molecular weight is 473 g/mol. The topological polar surface area (TPSA) is 89.4 Å². The lowest BCUT2D eigenvalue weighted by atomic mass is 9.93. The van der Waals surface area contributed by atoms with Gasteiger partial charge >= 0.3 is 0 Å². The molecule has 1 aliphatic rings. The van der Waals surface area contributed by atoms with E-state index in [-0.39, 0.29) is 0 Å². The number of aromatic nitrogens is 1. The Morgan fingerprint density at radius 3 is 2.69 bits per heavy atom. The Balaban J connectivity index is 1.44. The molecule has 3 aromatic rings. The predicted molar refractivity (Wildman–Crippen MR) is 144 cm³/mol. The Morgan fingerprint density at radius 1 is 1.17 bits per heavy atom. The molecule has 6 heteroatoms. The number of nitrogens with one attached hydrogen (secondary N) is 3. The van der Waals surface area contributed by atoms with Crippen LogP contribution in [0.25, 0.3) is 0 Å². The molecule has 6 nitrogen and oxygen atoms in total. The van der Waals surface area contributed by atoms with Crippen LogP contribution in [0.5, 0.6) is 0 Å². The third-order valence-electron chi connectivity index (χ3n) is 6.70. The van der Waals surface area contributed by atoms with E-state index in [2.05, 4.69) is 58.7 Å². The Bertz CT molecular complexity index is 1230. The number of para-hydroxylation sites is 1. The number of aliphatic hydroxyl groups is 2. The number of pyridine rings is 1. The van der Waals surface area contributed by atoms with E-state index in [1.807, 2.05) is 25.1 Å². The third kappa shape index (κ3) is 5.34. The van der Waals surface area contributed by atoms with Gasteiger partial charge in [-0.25, -0.2) is 0 Å². The third-order valence-corrected chi connectivity index (χ3v) is 6.70. The summed E-state index contributed by atoms with van der Waals surface area (Å²) < 4.78 is 0. The van der Waals surface area contributed by atoms with E-state index >= 15 is 0 Å². The number of benzene rings is 2. The highest BCUT2D eigenvalue weighted by Gasteiger charge is 2.35. The minimum absolute atomic E-state index is 0.693. The van der Waals surface area contributed by atoms with Crippen LogP contribution in [0.15, 0.2) is 61.4 Å². The Hall–Kier alpha value is -3.35. The first-order chi connectivity index (χ1) is 16.6. The van der Waals surface area contributed by atoms with Gasteiger partial charge in [-0.15, -0.1) is 0 Å². The first kappa shape index (κ1) is 24.8. The molecule has 0 amide bonds. The minimum atomic E-state index is -0.945. The van der Waals surface area contributed by atoms with Gasteiger partial charge in [0.05, 0.1) is 11.3 Å². The number of anilines is 4. The van der Waals surface area contributed by atoms with Gasteiger partial charge in [0.25, 0.3) is 0 Å². The molecule has 1 aliphatic carbocycles. The van der Waals surface area contributed by atoms with Crippen LogP contribution >= 0.6 is 0 Å². The van der Waals surface area contributed by atoms with Crippen LogP contribution < -0.4 is 16.0 Å². The van der Waals surface area contributed by atoms with Crippen molar-refractivity contribution < 1.29 is 10.2 Å². The quantitative estimate of drug-likeness (QED) is 0.274. The van der Waals surface area contributed by atoms with Gasteiger partial charge < -0.3 is 26.2 Å². The number of rotatable bonds is 9. The van der Waals surface area contributed by atoms with E-state index in [1.165, 1.54) is 0 Å². The Labute approximate surface area is 208 Å². The fraction of sp³-hybridized carbons (Fsp3) is 0.345. The van der Waals surface area contributed by atoms with Crippen LogP contribution in [-0.2, 0) is 24.0 Å². The highest BCUT2D eigenvalue weighted by molar-refractivity contribution is 5.68. The van der Waals surface area contributed by atoms with E-state index in [9.17, 15) is 10.2 Å². The molecule has 5 N–H and O–H groups in total. The number of hydrogen-bond acceptors (Lipinski definition) is 6. The number of aryl methyl sites for hydroxylation is 1. The van der Waals surface area contributed by atoms with Crippen molar-refractivity contribution in [2.45, 2.75) is 58.2 Å². The number of nitrogens with zero attached hydrogens (tertiary/aromatic N) is 1. The summed E-state index contributed by atoms with van der Waals surface area (Å²) in [6.07, 6.45) is 5.71. The van der Waals surface area contributed by atoms with Gasteiger partial charge in [0.1, 0.15) is 5.60 Å². The minimum Gasteiger partial charge on any atom is -0.386 e. The summed E-state index contributed by atoms with van der Waals surface area (Å²) in [7, 11) is 0. The van der Waals surface area contributed by atoms with Crippen molar-refractivity contribution in [3.63, 3.8) is 0 Å². The van der Waals surface area contributed by atoms with Gasteiger partial charge in [0, 0.05) is 46.6 Å². The summed E-state index contributed by atoms with van der Waals surface area (Å²) in [5.74, 6) is 0. The van der Waals surface area contributed by atoms with Gasteiger partial charge in [0.15, 0.2) is 0 Å². The monoisotopic (exact) mass is 472 g/mol. The van der Waals surface area contributed by atoms with E-state index < -0.39 is 11.2 Å². The van der Waals surface area contributed by atoms with Gasteiger partial charge in [-0.3, -0.25) is 4.98 Å². The van der Waals surface area contributed by atoms with E-state index in [0.29, 0.717) is 6.42 Å². The molecule has 0 fully saturated rings. The second-order valence-corrected chi connectivity index (χ2v) is 10.0. The lowest BCUT2D eigenvalue weighted by Gasteiger charge is -2.24. The molecule has 0 spiro atoms. The molecule has 184 valence electrons. The molecule has 1 heterocycles. The van der Waals surface area contributed by atoms with Gasteiger partial charge in [-0.2, -0.15) is 0 Å². The molecule has 1 unspecified atom stereocenters. The zero-order valence-corrected chi connectivity index (χ0v) is 21.1. The normalized spacial score (nSPS) is 17.1. The molecular weight excluding hydrogens is 436 g/mol. The lowest BCUT2D eigenvalue weighted by Crippen LogP contribution is -2.19.